The fraction of sp³-hybridized carbons (Fsp3) is 0.938. The van der Waals surface area contributed by atoms with E-state index in [9.17, 15) is 43.2 Å². The van der Waals surface area contributed by atoms with Crippen molar-refractivity contribution in [3.8, 4) is 0 Å². The fourth-order valence-corrected chi connectivity index (χ4v) is 11.3. The van der Waals surface area contributed by atoms with Crippen LogP contribution < -0.4 is 0 Å². The summed E-state index contributed by atoms with van der Waals surface area (Å²) in [5.74, 6) is -0.711. The van der Waals surface area contributed by atoms with Gasteiger partial charge in [0.2, 0.25) is 0 Å². The molecule has 0 fully saturated rings. The largest absolute Gasteiger partial charge is 0.472 e. The summed E-state index contributed by atoms with van der Waals surface area (Å²) in [5, 5.41) is 10.5. The zero-order valence-corrected chi connectivity index (χ0v) is 56.0. The van der Waals surface area contributed by atoms with Crippen LogP contribution in [0.1, 0.15) is 324 Å². The maximum absolute atomic E-state index is 13.0. The third-order valence-electron chi connectivity index (χ3n) is 15.0. The first-order chi connectivity index (χ1) is 40.4. The fourth-order valence-electron chi connectivity index (χ4n) is 9.71. The number of rotatable bonds is 64. The molecule has 5 atom stereocenters. The van der Waals surface area contributed by atoms with Crippen LogP contribution in [-0.4, -0.2) is 96.7 Å². The topological polar surface area (TPSA) is 237 Å². The summed E-state index contributed by atoms with van der Waals surface area (Å²) >= 11 is 0. The minimum Gasteiger partial charge on any atom is -0.462 e. The predicted molar refractivity (Wildman–Crippen MR) is 335 cm³/mol. The molecule has 498 valence electrons. The lowest BCUT2D eigenvalue weighted by Gasteiger charge is -2.21. The highest BCUT2D eigenvalue weighted by Gasteiger charge is 2.30. The Morgan fingerprint density at radius 3 is 0.810 bits per heavy atom. The predicted octanol–water partition coefficient (Wildman–Crippen LogP) is 18.0. The van der Waals surface area contributed by atoms with E-state index in [2.05, 4.69) is 41.5 Å². The first-order valence-corrected chi connectivity index (χ1v) is 37.0. The van der Waals surface area contributed by atoms with E-state index in [1.807, 2.05) is 0 Å². The van der Waals surface area contributed by atoms with E-state index in [-0.39, 0.29) is 25.7 Å². The van der Waals surface area contributed by atoms with Crippen LogP contribution in [0.15, 0.2) is 0 Å². The molecule has 0 aromatic rings. The average molecular weight is 1240 g/mol. The third kappa shape index (κ3) is 59.0. The molecule has 0 radical (unpaired) electrons. The van der Waals surface area contributed by atoms with Gasteiger partial charge in [-0.3, -0.25) is 37.3 Å². The van der Waals surface area contributed by atoms with E-state index in [0.717, 1.165) is 109 Å². The van der Waals surface area contributed by atoms with E-state index in [1.54, 1.807) is 0 Å². The molecule has 19 heteroatoms. The summed E-state index contributed by atoms with van der Waals surface area (Å²) in [4.78, 5) is 72.1. The quantitative estimate of drug-likeness (QED) is 0.0222. The number of carbonyl (C=O) groups is 4. The van der Waals surface area contributed by atoms with Crippen LogP contribution in [0.25, 0.3) is 0 Å². The Hall–Kier alpha value is -1.94. The number of unbranched alkanes of at least 4 members (excludes halogenated alkanes) is 34. The lowest BCUT2D eigenvalue weighted by Crippen LogP contribution is -2.30. The van der Waals surface area contributed by atoms with Gasteiger partial charge in [-0.25, -0.2) is 9.13 Å². The SMILES string of the molecule is CCCCCCCCCCCCCCCCCC(=O)O[C@H](COC(=O)CCCCCCCCCCCCC(C)C)COP(=O)(O)OC[C@@H](O)COP(=O)(O)OC[C@@H](COC(=O)CCCCCCCCC)OC(=O)CCCCCCCCC(C)C. The van der Waals surface area contributed by atoms with Gasteiger partial charge in [-0.1, -0.05) is 273 Å². The molecule has 0 aliphatic heterocycles. The zero-order chi connectivity index (χ0) is 62.2. The van der Waals surface area contributed by atoms with Crippen molar-refractivity contribution in [3.05, 3.63) is 0 Å². The summed E-state index contributed by atoms with van der Waals surface area (Å²) in [5.41, 5.74) is 0. The third-order valence-corrected chi connectivity index (χ3v) is 16.9. The molecule has 3 N–H and O–H groups in total. The summed E-state index contributed by atoms with van der Waals surface area (Å²) < 4.78 is 67.9. The van der Waals surface area contributed by atoms with E-state index >= 15 is 0 Å². The summed E-state index contributed by atoms with van der Waals surface area (Å²) in [6, 6.07) is 0. The highest BCUT2D eigenvalue weighted by atomic mass is 31.2. The molecule has 0 heterocycles. The van der Waals surface area contributed by atoms with Crippen molar-refractivity contribution in [2.45, 2.75) is 342 Å². The standard InChI is InChI=1S/C65H126O17P2/c1-7-9-11-13-15-16-17-18-19-20-21-26-30-37-43-49-64(69)81-60(54-76-63(68)48-42-36-29-25-23-22-24-28-33-39-45-57(3)4)55-79-83(71,72)77-51-59(66)52-78-84(73,74)80-56-61(53-75-62(67)47-41-35-27-14-12-10-8-2)82-65(70)50-44-38-32-31-34-40-46-58(5)6/h57-61,66H,7-56H2,1-6H3,(H,71,72)(H,73,74)/t59-,60-,61-/m1/s1. The molecule has 0 amide bonds. The number of aliphatic hydroxyl groups excluding tert-OH is 1. The number of phosphoric acid groups is 2. The van der Waals surface area contributed by atoms with Gasteiger partial charge in [-0.15, -0.1) is 0 Å². The minimum absolute atomic E-state index is 0.102. The Balaban J connectivity index is 5.21. The number of ether oxygens (including phenoxy) is 4. The second-order valence-corrected chi connectivity index (χ2v) is 27.4. The van der Waals surface area contributed by atoms with Gasteiger partial charge in [-0.05, 0) is 37.5 Å². The number of phosphoric ester groups is 2. The van der Waals surface area contributed by atoms with Crippen LogP contribution in [0.4, 0.5) is 0 Å². The summed E-state index contributed by atoms with van der Waals surface area (Å²) in [6.45, 7) is 9.37. The van der Waals surface area contributed by atoms with E-state index < -0.39 is 97.5 Å². The van der Waals surface area contributed by atoms with Crippen molar-refractivity contribution in [1.82, 2.24) is 0 Å². The highest BCUT2D eigenvalue weighted by Crippen LogP contribution is 2.45. The van der Waals surface area contributed by atoms with Crippen molar-refractivity contribution < 1.29 is 80.2 Å². The van der Waals surface area contributed by atoms with Gasteiger partial charge in [0.25, 0.3) is 0 Å². The maximum Gasteiger partial charge on any atom is 0.472 e. The van der Waals surface area contributed by atoms with Crippen molar-refractivity contribution in [3.63, 3.8) is 0 Å². The molecule has 0 aromatic heterocycles. The van der Waals surface area contributed by atoms with Crippen molar-refractivity contribution in [1.29, 1.82) is 0 Å². The normalized spacial score (nSPS) is 14.3. The highest BCUT2D eigenvalue weighted by molar-refractivity contribution is 7.47. The molecule has 0 spiro atoms. The zero-order valence-electron chi connectivity index (χ0n) is 54.2. The molecule has 0 aromatic carbocycles. The second kappa shape index (κ2) is 57.5. The first-order valence-electron chi connectivity index (χ1n) is 34.0. The average Bonchev–Trinajstić information content (AvgIpc) is 3.59. The molecule has 0 aliphatic rings. The maximum atomic E-state index is 13.0. The van der Waals surface area contributed by atoms with Gasteiger partial charge in [0, 0.05) is 25.7 Å². The number of aliphatic hydroxyl groups is 1. The molecule has 2 unspecified atom stereocenters. The number of hydrogen-bond acceptors (Lipinski definition) is 15. The smallest absolute Gasteiger partial charge is 0.462 e. The van der Waals surface area contributed by atoms with Gasteiger partial charge < -0.3 is 33.8 Å². The van der Waals surface area contributed by atoms with Crippen LogP contribution >= 0.6 is 15.6 Å². The van der Waals surface area contributed by atoms with Gasteiger partial charge >= 0.3 is 39.5 Å². The van der Waals surface area contributed by atoms with Crippen LogP contribution in [0.3, 0.4) is 0 Å². The van der Waals surface area contributed by atoms with Gasteiger partial charge in [0.1, 0.15) is 19.3 Å². The number of esters is 4. The lowest BCUT2D eigenvalue weighted by molar-refractivity contribution is -0.161. The van der Waals surface area contributed by atoms with Gasteiger partial charge in [-0.2, -0.15) is 0 Å². The molecule has 17 nitrogen and oxygen atoms in total. The van der Waals surface area contributed by atoms with E-state index in [0.29, 0.717) is 31.6 Å². The molecule has 0 saturated carbocycles. The Bertz CT molecular complexity index is 1650. The monoisotopic (exact) mass is 1240 g/mol. The van der Waals surface area contributed by atoms with Crippen molar-refractivity contribution >= 4 is 39.5 Å². The Kier molecular flexibility index (Phi) is 56.2. The summed E-state index contributed by atoms with van der Waals surface area (Å²) in [7, 11) is -9.88. The van der Waals surface area contributed by atoms with Gasteiger partial charge in [0.15, 0.2) is 12.2 Å². The van der Waals surface area contributed by atoms with Crippen LogP contribution in [0, 0.1) is 11.8 Å². The van der Waals surface area contributed by atoms with Gasteiger partial charge in [0.05, 0.1) is 26.4 Å². The van der Waals surface area contributed by atoms with Crippen LogP contribution in [0.2, 0.25) is 0 Å². The van der Waals surface area contributed by atoms with E-state index in [4.69, 9.17) is 37.0 Å². The Morgan fingerprint density at radius 1 is 0.321 bits per heavy atom. The Morgan fingerprint density at radius 2 is 0.548 bits per heavy atom. The lowest BCUT2D eigenvalue weighted by atomic mass is 10.0. The number of hydrogen-bond donors (Lipinski definition) is 3. The molecule has 0 saturated heterocycles. The molecule has 84 heavy (non-hydrogen) atoms. The Labute approximate surface area is 511 Å². The van der Waals surface area contributed by atoms with E-state index in [1.165, 1.54) is 128 Å². The minimum atomic E-state index is -4.95. The molecule has 0 rings (SSSR count). The summed E-state index contributed by atoms with van der Waals surface area (Å²) in [6.07, 6.45) is 40.6. The number of carbonyl (C=O) groups excluding carboxylic acids is 4. The van der Waals surface area contributed by atoms with Crippen molar-refractivity contribution in [2.24, 2.45) is 11.8 Å². The molecular weight excluding hydrogens is 1110 g/mol. The molecular formula is C65H126O17P2. The molecule has 0 bridgehead atoms. The second-order valence-electron chi connectivity index (χ2n) is 24.5. The van der Waals surface area contributed by atoms with Crippen molar-refractivity contribution in [2.75, 3.05) is 39.6 Å². The van der Waals surface area contributed by atoms with Crippen LogP contribution in [0.5, 0.6) is 0 Å². The van der Waals surface area contributed by atoms with Crippen LogP contribution in [-0.2, 0) is 65.4 Å². The first kappa shape index (κ1) is 82.1. The molecule has 0 aliphatic carbocycles.